The maximum atomic E-state index is 12.5. The molecule has 5 aliphatic rings. The Hall–Kier alpha value is -0.625. The van der Waals surface area contributed by atoms with Gasteiger partial charge in [0.2, 0.25) is 5.91 Å². The van der Waals surface area contributed by atoms with Crippen molar-refractivity contribution in [1.29, 1.82) is 0 Å². The van der Waals surface area contributed by atoms with Crippen molar-refractivity contribution in [3.63, 3.8) is 0 Å². The van der Waals surface area contributed by atoms with Gasteiger partial charge in [0.05, 0.1) is 18.1 Å². The molecule has 4 aliphatic carbocycles. The smallest absolute Gasteiger partial charge is 0.426 e. The molecule has 4 N–H and O–H groups in total. The van der Waals surface area contributed by atoms with Crippen molar-refractivity contribution in [1.82, 2.24) is 10.2 Å². The van der Waals surface area contributed by atoms with Crippen LogP contribution in [-0.4, -0.2) is 63.3 Å². The van der Waals surface area contributed by atoms with E-state index in [1.54, 1.807) is 4.90 Å². The summed E-state index contributed by atoms with van der Waals surface area (Å²) in [6.45, 7) is 0.837. The molecule has 0 aromatic heterocycles. The number of nitrogens with zero attached hydrogens (tertiary/aromatic N) is 1. The molecule has 1 saturated heterocycles. The molecule has 5 rings (SSSR count). The number of aliphatic hydroxyl groups is 1. The first-order valence-corrected chi connectivity index (χ1v) is 9.01. The minimum Gasteiger partial charge on any atom is -0.426 e. The Morgan fingerprint density at radius 1 is 1.22 bits per heavy atom. The first-order chi connectivity index (χ1) is 10.9. The Balaban J connectivity index is 1.40. The van der Waals surface area contributed by atoms with Gasteiger partial charge in [-0.1, -0.05) is 0 Å². The molecule has 4 saturated carbocycles. The molecule has 3 atom stereocenters. The van der Waals surface area contributed by atoms with Crippen molar-refractivity contribution in [2.45, 2.75) is 68.4 Å². The van der Waals surface area contributed by atoms with Crippen LogP contribution in [0.5, 0.6) is 0 Å². The number of amides is 1. The number of carbonyl (C=O) groups is 1. The van der Waals surface area contributed by atoms with E-state index in [1.807, 2.05) is 0 Å². The van der Waals surface area contributed by atoms with Gasteiger partial charge in [-0.05, 0) is 63.2 Å². The summed E-state index contributed by atoms with van der Waals surface area (Å²) in [6.07, 6.45) is 7.42. The Kier molecular flexibility index (Phi) is 3.76. The van der Waals surface area contributed by atoms with Gasteiger partial charge in [0, 0.05) is 12.1 Å². The fourth-order valence-corrected chi connectivity index (χ4v) is 6.20. The van der Waals surface area contributed by atoms with Crippen molar-refractivity contribution in [2.75, 3.05) is 13.1 Å². The average Bonchev–Trinajstić information content (AvgIpc) is 2.91. The van der Waals surface area contributed by atoms with E-state index in [0.717, 1.165) is 38.5 Å². The number of rotatable bonds is 4. The highest BCUT2D eigenvalue weighted by atomic mass is 16.4. The molecular weight excluding hydrogens is 295 g/mol. The lowest BCUT2D eigenvalue weighted by molar-refractivity contribution is -0.147. The van der Waals surface area contributed by atoms with Gasteiger partial charge in [0.25, 0.3) is 0 Å². The monoisotopic (exact) mass is 322 g/mol. The van der Waals surface area contributed by atoms with Crippen LogP contribution in [0.3, 0.4) is 0 Å². The summed E-state index contributed by atoms with van der Waals surface area (Å²) in [6, 6.07) is 0. The van der Waals surface area contributed by atoms with Gasteiger partial charge in [-0.2, -0.15) is 0 Å². The van der Waals surface area contributed by atoms with Crippen LogP contribution in [0.4, 0.5) is 0 Å². The molecular formula is C16H27BN2O4. The third-order valence-electron chi connectivity index (χ3n) is 6.61. The topological polar surface area (TPSA) is 93.0 Å². The van der Waals surface area contributed by atoms with E-state index in [2.05, 4.69) is 5.32 Å². The summed E-state index contributed by atoms with van der Waals surface area (Å²) in [4.78, 5) is 14.1. The van der Waals surface area contributed by atoms with E-state index in [0.29, 0.717) is 24.8 Å². The summed E-state index contributed by atoms with van der Waals surface area (Å²) in [5, 5.41) is 33.1. The maximum Gasteiger partial charge on any atom is 0.475 e. The Labute approximate surface area is 137 Å². The highest BCUT2D eigenvalue weighted by molar-refractivity contribution is 6.43. The number of likely N-dealkylation sites (tertiary alicyclic amines) is 1. The molecule has 1 amide bonds. The number of hydrogen-bond donors (Lipinski definition) is 4. The molecule has 6 nitrogen and oxygen atoms in total. The van der Waals surface area contributed by atoms with E-state index in [4.69, 9.17) is 0 Å². The lowest BCUT2D eigenvalue weighted by atomic mass is 9.51. The average molecular weight is 322 g/mol. The van der Waals surface area contributed by atoms with Crippen molar-refractivity contribution >= 4 is 13.0 Å². The molecule has 128 valence electrons. The van der Waals surface area contributed by atoms with E-state index in [1.165, 1.54) is 6.42 Å². The van der Waals surface area contributed by atoms with Gasteiger partial charge in [-0.3, -0.25) is 4.79 Å². The second-order valence-corrected chi connectivity index (χ2v) is 8.53. The van der Waals surface area contributed by atoms with Gasteiger partial charge in [-0.25, -0.2) is 0 Å². The van der Waals surface area contributed by atoms with Gasteiger partial charge < -0.3 is 25.4 Å². The predicted octanol–water partition coefficient (Wildman–Crippen LogP) is -0.337. The lowest BCUT2D eigenvalue weighted by Crippen LogP contribution is -2.65. The Morgan fingerprint density at radius 3 is 2.52 bits per heavy atom. The fraction of sp³-hybridized carbons (Fsp3) is 0.938. The van der Waals surface area contributed by atoms with E-state index >= 15 is 0 Å². The molecule has 0 aromatic rings. The van der Waals surface area contributed by atoms with Crippen LogP contribution in [-0.2, 0) is 4.79 Å². The molecule has 23 heavy (non-hydrogen) atoms. The Morgan fingerprint density at radius 2 is 1.91 bits per heavy atom. The molecule has 0 aromatic carbocycles. The number of carbonyl (C=O) groups excluding carboxylic acids is 1. The molecule has 7 heteroatoms. The molecule has 0 radical (unpaired) electrons. The van der Waals surface area contributed by atoms with Crippen LogP contribution in [0.25, 0.3) is 0 Å². The van der Waals surface area contributed by atoms with Crippen LogP contribution in [0.1, 0.15) is 51.4 Å². The first-order valence-electron chi connectivity index (χ1n) is 9.01. The maximum absolute atomic E-state index is 12.5. The number of hydrogen-bond acceptors (Lipinski definition) is 5. The van der Waals surface area contributed by atoms with Crippen LogP contribution in [0, 0.1) is 11.8 Å². The largest absolute Gasteiger partial charge is 0.475 e. The second kappa shape index (κ2) is 5.44. The first kappa shape index (κ1) is 15.9. The van der Waals surface area contributed by atoms with E-state index in [9.17, 15) is 19.9 Å². The van der Waals surface area contributed by atoms with Crippen LogP contribution in [0.2, 0.25) is 0 Å². The van der Waals surface area contributed by atoms with Crippen molar-refractivity contribution in [2.24, 2.45) is 11.8 Å². The molecule has 5 fully saturated rings. The molecule has 0 spiro atoms. The van der Waals surface area contributed by atoms with Crippen molar-refractivity contribution < 1.29 is 19.9 Å². The SMILES string of the molecule is O=C(CNC12C[C@H]3C[C@@H](CC(O)(C3)C1)C2)N1CCC[C@H]1B(O)O. The third kappa shape index (κ3) is 2.82. The third-order valence-corrected chi connectivity index (χ3v) is 6.61. The Bertz CT molecular complexity index is 486. The van der Waals surface area contributed by atoms with Gasteiger partial charge in [0.1, 0.15) is 0 Å². The quantitative estimate of drug-likeness (QED) is 0.532. The lowest BCUT2D eigenvalue weighted by Gasteiger charge is -2.60. The normalized spacial score (nSPS) is 44.8. The van der Waals surface area contributed by atoms with Crippen LogP contribution >= 0.6 is 0 Å². The van der Waals surface area contributed by atoms with Crippen molar-refractivity contribution in [3.8, 4) is 0 Å². The fourth-order valence-electron chi connectivity index (χ4n) is 6.20. The summed E-state index contributed by atoms with van der Waals surface area (Å²) in [5.41, 5.74) is -0.626. The summed E-state index contributed by atoms with van der Waals surface area (Å²) in [5.74, 6) is 0.651. The minimum absolute atomic E-state index is 0.0525. The highest BCUT2D eigenvalue weighted by Crippen LogP contribution is 2.57. The second-order valence-electron chi connectivity index (χ2n) is 8.53. The van der Waals surface area contributed by atoms with E-state index < -0.39 is 18.7 Å². The standard InChI is InChI=1S/C16H27BN2O4/c20-14(19-3-1-2-13(19)17(22)23)9-18-15-5-11-4-12(6-15)8-16(21,7-11)10-15/h11-13,18,21-23H,1-10H2/t11-,12-,13+,15?,16?/m1/s1. The molecule has 4 bridgehead atoms. The number of nitrogens with one attached hydrogen (secondary N) is 1. The van der Waals surface area contributed by atoms with Crippen LogP contribution in [0.15, 0.2) is 0 Å². The summed E-state index contributed by atoms with van der Waals surface area (Å²) in [7, 11) is -1.46. The van der Waals surface area contributed by atoms with E-state index in [-0.39, 0.29) is 18.0 Å². The zero-order chi connectivity index (χ0) is 16.2. The highest BCUT2D eigenvalue weighted by Gasteiger charge is 2.57. The molecule has 0 unspecified atom stereocenters. The van der Waals surface area contributed by atoms with Gasteiger partial charge in [0.15, 0.2) is 0 Å². The summed E-state index contributed by atoms with van der Waals surface area (Å²) >= 11 is 0. The van der Waals surface area contributed by atoms with Crippen molar-refractivity contribution in [3.05, 3.63) is 0 Å². The van der Waals surface area contributed by atoms with Gasteiger partial charge in [-0.15, -0.1) is 0 Å². The van der Waals surface area contributed by atoms with Crippen LogP contribution < -0.4 is 5.32 Å². The minimum atomic E-state index is -1.46. The molecule has 1 aliphatic heterocycles. The predicted molar refractivity (Wildman–Crippen MR) is 85.3 cm³/mol. The van der Waals surface area contributed by atoms with Gasteiger partial charge >= 0.3 is 7.12 Å². The zero-order valence-electron chi connectivity index (χ0n) is 13.6. The zero-order valence-corrected chi connectivity index (χ0v) is 13.6. The summed E-state index contributed by atoms with van der Waals surface area (Å²) < 4.78 is 0. The molecule has 1 heterocycles.